The number of anilines is 2. The molecule has 0 bridgehead atoms. The molecule has 1 heterocycles. The summed E-state index contributed by atoms with van der Waals surface area (Å²) in [4.78, 5) is 17.2. The van der Waals surface area contributed by atoms with E-state index < -0.39 is 10.0 Å². The van der Waals surface area contributed by atoms with Crippen molar-refractivity contribution < 1.29 is 13.2 Å². The van der Waals surface area contributed by atoms with Gasteiger partial charge in [-0.25, -0.2) is 13.4 Å². The summed E-state index contributed by atoms with van der Waals surface area (Å²) < 4.78 is 28.5. The van der Waals surface area contributed by atoms with Gasteiger partial charge in [-0.1, -0.05) is 35.1 Å². The second kappa shape index (κ2) is 8.30. The average molecular weight is 472 g/mol. The van der Waals surface area contributed by atoms with E-state index in [1.54, 1.807) is 12.1 Å². The fourth-order valence-electron chi connectivity index (χ4n) is 3.00. The first kappa shape index (κ1) is 21.3. The van der Waals surface area contributed by atoms with Gasteiger partial charge in [0.15, 0.2) is 5.13 Å². The van der Waals surface area contributed by atoms with Crippen LogP contribution in [0.5, 0.6) is 0 Å². The lowest BCUT2D eigenvalue weighted by molar-refractivity contribution is 0.102. The van der Waals surface area contributed by atoms with Crippen LogP contribution >= 0.6 is 22.9 Å². The molecule has 0 aliphatic carbocycles. The molecule has 31 heavy (non-hydrogen) atoms. The monoisotopic (exact) mass is 471 g/mol. The number of halogens is 1. The summed E-state index contributed by atoms with van der Waals surface area (Å²) in [5.41, 5.74) is 3.78. The van der Waals surface area contributed by atoms with E-state index in [0.29, 0.717) is 21.4 Å². The molecule has 2 N–H and O–H groups in total. The van der Waals surface area contributed by atoms with Crippen molar-refractivity contribution in [3.63, 3.8) is 0 Å². The third kappa shape index (κ3) is 4.56. The molecule has 1 amide bonds. The third-order valence-electron chi connectivity index (χ3n) is 4.69. The Balaban J connectivity index is 1.49. The van der Waals surface area contributed by atoms with Crippen LogP contribution in [0, 0.1) is 13.8 Å². The van der Waals surface area contributed by atoms with Crippen LogP contribution in [0.15, 0.2) is 65.6 Å². The first-order chi connectivity index (χ1) is 14.7. The van der Waals surface area contributed by atoms with Crippen molar-refractivity contribution in [1.82, 2.24) is 4.98 Å². The lowest BCUT2D eigenvalue weighted by Crippen LogP contribution is -2.14. The molecular weight excluding hydrogens is 454 g/mol. The quantitative estimate of drug-likeness (QED) is 0.395. The van der Waals surface area contributed by atoms with E-state index in [1.165, 1.54) is 47.7 Å². The molecule has 1 aromatic heterocycles. The number of sulfonamides is 1. The number of hydrogen-bond acceptors (Lipinski definition) is 5. The zero-order valence-corrected chi connectivity index (χ0v) is 19.0. The molecule has 0 saturated carbocycles. The highest BCUT2D eigenvalue weighted by Gasteiger charge is 2.15. The second-order valence-corrected chi connectivity index (χ2v) is 10.1. The Morgan fingerprint density at radius 1 is 0.935 bits per heavy atom. The maximum atomic E-state index is 12.6. The number of rotatable bonds is 5. The number of amides is 1. The molecule has 3 aromatic carbocycles. The predicted octanol–water partition coefficient (Wildman–Crippen LogP) is 5.62. The van der Waals surface area contributed by atoms with Crippen LogP contribution in [-0.2, 0) is 10.0 Å². The molecule has 0 atom stereocenters. The number of nitrogens with zero attached hydrogens (tertiary/aromatic N) is 1. The second-order valence-electron chi connectivity index (χ2n) is 6.99. The standard InChI is InChI=1S/C22H18ClN3O3S2/c1-13-3-4-14(2)20-19(13)24-22(30-20)25-21(27)15-5-9-17(10-6-15)26-31(28,29)18-11-7-16(23)8-12-18/h3-12,26H,1-2H3,(H,24,25,27). The van der Waals surface area contributed by atoms with Gasteiger partial charge in [0.25, 0.3) is 15.9 Å². The van der Waals surface area contributed by atoms with Crippen LogP contribution in [-0.4, -0.2) is 19.3 Å². The molecule has 4 aromatic rings. The van der Waals surface area contributed by atoms with E-state index in [9.17, 15) is 13.2 Å². The fourth-order valence-corrected chi connectivity index (χ4v) is 5.19. The minimum Gasteiger partial charge on any atom is -0.298 e. The lowest BCUT2D eigenvalue weighted by Gasteiger charge is -2.09. The van der Waals surface area contributed by atoms with Crippen LogP contribution in [0.4, 0.5) is 10.8 Å². The lowest BCUT2D eigenvalue weighted by atomic mass is 10.1. The summed E-state index contributed by atoms with van der Waals surface area (Å²) in [6.07, 6.45) is 0. The Morgan fingerprint density at radius 3 is 2.23 bits per heavy atom. The van der Waals surface area contributed by atoms with Crippen LogP contribution in [0.25, 0.3) is 10.2 Å². The molecule has 158 valence electrons. The maximum Gasteiger partial charge on any atom is 0.261 e. The predicted molar refractivity (Wildman–Crippen MR) is 126 cm³/mol. The van der Waals surface area contributed by atoms with Crippen molar-refractivity contribution in [2.45, 2.75) is 18.7 Å². The largest absolute Gasteiger partial charge is 0.298 e. The van der Waals surface area contributed by atoms with Gasteiger partial charge in [0, 0.05) is 16.3 Å². The van der Waals surface area contributed by atoms with E-state index in [2.05, 4.69) is 15.0 Å². The summed E-state index contributed by atoms with van der Waals surface area (Å²) in [5.74, 6) is -0.318. The van der Waals surface area contributed by atoms with Crippen LogP contribution in [0.3, 0.4) is 0 Å². The topological polar surface area (TPSA) is 88.2 Å². The van der Waals surface area contributed by atoms with Gasteiger partial charge in [-0.2, -0.15) is 0 Å². The summed E-state index contributed by atoms with van der Waals surface area (Å²) in [6, 6.07) is 16.1. The molecule has 0 aliphatic heterocycles. The minimum absolute atomic E-state index is 0.0974. The number of thiazole rings is 1. The molecule has 0 unspecified atom stereocenters. The zero-order valence-electron chi connectivity index (χ0n) is 16.6. The molecule has 0 aliphatic rings. The van der Waals surface area contributed by atoms with E-state index in [0.717, 1.165) is 21.3 Å². The van der Waals surface area contributed by atoms with Crippen molar-refractivity contribution in [2.24, 2.45) is 0 Å². The molecule has 9 heteroatoms. The normalized spacial score (nSPS) is 11.5. The number of carbonyl (C=O) groups is 1. The molecule has 4 rings (SSSR count). The van der Waals surface area contributed by atoms with Gasteiger partial charge < -0.3 is 0 Å². The average Bonchev–Trinajstić information content (AvgIpc) is 3.16. The van der Waals surface area contributed by atoms with E-state index in [4.69, 9.17) is 11.6 Å². The van der Waals surface area contributed by atoms with Gasteiger partial charge in [0.2, 0.25) is 0 Å². The summed E-state index contributed by atoms with van der Waals surface area (Å²) >= 11 is 7.24. The smallest absolute Gasteiger partial charge is 0.261 e. The Hall–Kier alpha value is -2.94. The SMILES string of the molecule is Cc1ccc(C)c2sc(NC(=O)c3ccc(NS(=O)(=O)c4ccc(Cl)cc4)cc3)nc12. The maximum absolute atomic E-state index is 12.6. The van der Waals surface area contributed by atoms with Crippen molar-refractivity contribution in [2.75, 3.05) is 10.0 Å². The molecule has 0 spiro atoms. The molecular formula is C22H18ClN3O3S2. The third-order valence-corrected chi connectivity index (χ3v) is 7.44. The minimum atomic E-state index is -3.75. The van der Waals surface area contributed by atoms with Gasteiger partial charge in [-0.05, 0) is 73.5 Å². The van der Waals surface area contributed by atoms with Crippen LogP contribution < -0.4 is 10.0 Å². The van der Waals surface area contributed by atoms with Crippen molar-refractivity contribution in [3.05, 3.63) is 82.4 Å². The number of nitrogens with one attached hydrogen (secondary N) is 2. The first-order valence-corrected chi connectivity index (χ1v) is 12.0. The molecule has 0 fully saturated rings. The van der Waals surface area contributed by atoms with Crippen molar-refractivity contribution in [1.29, 1.82) is 0 Å². The van der Waals surface area contributed by atoms with Crippen molar-refractivity contribution in [3.8, 4) is 0 Å². The summed E-state index contributed by atoms with van der Waals surface area (Å²) in [6.45, 7) is 3.99. The molecule has 0 saturated heterocycles. The summed E-state index contributed by atoms with van der Waals surface area (Å²) in [5, 5.41) is 3.79. The number of benzene rings is 3. The highest BCUT2D eigenvalue weighted by molar-refractivity contribution is 7.92. The Morgan fingerprint density at radius 2 is 1.58 bits per heavy atom. The van der Waals surface area contributed by atoms with Gasteiger partial charge in [0.1, 0.15) is 0 Å². The Kier molecular flexibility index (Phi) is 5.70. The van der Waals surface area contributed by atoms with E-state index in [1.807, 2.05) is 26.0 Å². The Bertz CT molecular complexity index is 1340. The van der Waals surface area contributed by atoms with E-state index in [-0.39, 0.29) is 10.8 Å². The van der Waals surface area contributed by atoms with Crippen molar-refractivity contribution >= 4 is 59.9 Å². The first-order valence-electron chi connectivity index (χ1n) is 9.29. The van der Waals surface area contributed by atoms with Crippen LogP contribution in [0.2, 0.25) is 5.02 Å². The number of fused-ring (bicyclic) bond motifs is 1. The highest BCUT2D eigenvalue weighted by Crippen LogP contribution is 2.31. The van der Waals surface area contributed by atoms with Gasteiger partial charge in [-0.15, -0.1) is 0 Å². The Labute approximate surface area is 189 Å². The van der Waals surface area contributed by atoms with Gasteiger partial charge in [-0.3, -0.25) is 14.8 Å². The number of carbonyl (C=O) groups excluding carboxylic acids is 1. The number of aromatic nitrogens is 1. The van der Waals surface area contributed by atoms with Gasteiger partial charge >= 0.3 is 0 Å². The number of hydrogen-bond donors (Lipinski definition) is 2. The number of aryl methyl sites for hydroxylation is 2. The van der Waals surface area contributed by atoms with Crippen LogP contribution in [0.1, 0.15) is 21.5 Å². The van der Waals surface area contributed by atoms with E-state index >= 15 is 0 Å². The molecule has 6 nitrogen and oxygen atoms in total. The zero-order chi connectivity index (χ0) is 22.2. The van der Waals surface area contributed by atoms with Gasteiger partial charge in [0.05, 0.1) is 15.1 Å². The fraction of sp³-hybridized carbons (Fsp3) is 0.0909. The summed E-state index contributed by atoms with van der Waals surface area (Å²) in [7, 11) is -3.75. The molecule has 0 radical (unpaired) electrons. The highest BCUT2D eigenvalue weighted by atomic mass is 35.5.